The minimum absolute atomic E-state index is 0.238. The molecular formula is C9H13F3N2O2. The van der Waals surface area contributed by atoms with E-state index in [0.717, 1.165) is 4.90 Å². The summed E-state index contributed by atoms with van der Waals surface area (Å²) in [5.74, 6) is -0.531. The number of carbonyl (C=O) groups excluding carboxylic acids is 1. The molecule has 2 N–H and O–H groups in total. The first-order chi connectivity index (χ1) is 7.33. The van der Waals surface area contributed by atoms with Crippen molar-refractivity contribution in [3.8, 4) is 0 Å². The molecule has 0 aromatic carbocycles. The number of alkyl halides is 3. The lowest BCUT2D eigenvalue weighted by Gasteiger charge is -2.47. The summed E-state index contributed by atoms with van der Waals surface area (Å²) in [5, 5.41) is 12.1. The number of carbonyl (C=O) groups is 1. The average Bonchev–Trinajstić information content (AvgIpc) is 2.62. The molecule has 0 unspecified atom stereocenters. The predicted octanol–water partition coefficient (Wildman–Crippen LogP) is -0.269. The first-order valence-electron chi connectivity index (χ1n) is 5.12. The van der Waals surface area contributed by atoms with Gasteiger partial charge in [-0.15, -0.1) is 0 Å². The molecule has 16 heavy (non-hydrogen) atoms. The highest BCUT2D eigenvalue weighted by Crippen LogP contribution is 2.38. The normalized spacial score (nSPS) is 29.0. The summed E-state index contributed by atoms with van der Waals surface area (Å²) in [6.07, 6.45) is -4.00. The van der Waals surface area contributed by atoms with Gasteiger partial charge in [0.25, 0.3) is 0 Å². The van der Waals surface area contributed by atoms with Crippen LogP contribution >= 0.6 is 0 Å². The second kappa shape index (κ2) is 3.59. The average molecular weight is 238 g/mol. The summed E-state index contributed by atoms with van der Waals surface area (Å²) in [6.45, 7) is -0.0365. The maximum Gasteiger partial charge on any atom is 0.420 e. The largest absolute Gasteiger partial charge is 0.420 e. The van der Waals surface area contributed by atoms with Crippen LogP contribution in [-0.4, -0.2) is 53.9 Å². The smallest absolute Gasteiger partial charge is 0.378 e. The number of hydrogen-bond acceptors (Lipinski definition) is 3. The van der Waals surface area contributed by atoms with Crippen molar-refractivity contribution >= 4 is 5.91 Å². The molecule has 4 nitrogen and oxygen atoms in total. The summed E-state index contributed by atoms with van der Waals surface area (Å²) in [4.78, 5) is 12.7. The van der Waals surface area contributed by atoms with Crippen molar-refractivity contribution in [3.63, 3.8) is 0 Å². The zero-order valence-electron chi connectivity index (χ0n) is 8.55. The van der Waals surface area contributed by atoms with E-state index in [0.29, 0.717) is 19.5 Å². The molecule has 92 valence electrons. The van der Waals surface area contributed by atoms with Crippen LogP contribution < -0.4 is 5.32 Å². The third-order valence-electron chi connectivity index (χ3n) is 3.15. The molecule has 2 saturated heterocycles. The van der Waals surface area contributed by atoms with Crippen molar-refractivity contribution in [1.82, 2.24) is 10.2 Å². The Balaban J connectivity index is 1.90. The van der Waals surface area contributed by atoms with Gasteiger partial charge in [-0.05, 0) is 13.0 Å². The summed E-state index contributed by atoms with van der Waals surface area (Å²) in [7, 11) is 0. The fraction of sp³-hybridized carbons (Fsp3) is 0.889. The number of amides is 1. The van der Waals surface area contributed by atoms with Crippen LogP contribution in [-0.2, 0) is 4.79 Å². The maximum atomic E-state index is 12.3. The van der Waals surface area contributed by atoms with Crippen molar-refractivity contribution in [2.45, 2.75) is 18.2 Å². The fourth-order valence-electron chi connectivity index (χ4n) is 2.04. The van der Waals surface area contributed by atoms with E-state index >= 15 is 0 Å². The minimum atomic E-state index is -4.66. The van der Waals surface area contributed by atoms with E-state index in [1.165, 1.54) is 0 Å². The number of hydrogen-bond donors (Lipinski definition) is 2. The van der Waals surface area contributed by atoms with Gasteiger partial charge in [-0.3, -0.25) is 4.79 Å². The third-order valence-corrected chi connectivity index (χ3v) is 3.15. The maximum absolute atomic E-state index is 12.3. The van der Waals surface area contributed by atoms with Gasteiger partial charge < -0.3 is 15.3 Å². The third kappa shape index (κ3) is 1.78. The van der Waals surface area contributed by atoms with Crippen LogP contribution in [0.2, 0.25) is 0 Å². The van der Waals surface area contributed by atoms with Gasteiger partial charge in [-0.2, -0.15) is 13.2 Å². The molecule has 0 aromatic heterocycles. The zero-order valence-corrected chi connectivity index (χ0v) is 8.55. The Hall–Kier alpha value is -0.820. The van der Waals surface area contributed by atoms with Gasteiger partial charge in [-0.1, -0.05) is 0 Å². The molecule has 0 aliphatic carbocycles. The number of nitrogens with one attached hydrogen (secondary N) is 1. The van der Waals surface area contributed by atoms with E-state index in [-0.39, 0.29) is 11.8 Å². The molecule has 2 rings (SSSR count). The van der Waals surface area contributed by atoms with Gasteiger partial charge >= 0.3 is 6.18 Å². The van der Waals surface area contributed by atoms with E-state index in [1.807, 2.05) is 0 Å². The highest BCUT2D eigenvalue weighted by Gasteiger charge is 2.62. The molecule has 0 spiro atoms. The number of β-amino-alcohol motifs (C(OH)–C–C–N with tert-alkyl or cyclic N) is 1. The summed E-state index contributed by atoms with van der Waals surface area (Å²) in [5.41, 5.74) is -2.70. The van der Waals surface area contributed by atoms with Crippen LogP contribution in [0.4, 0.5) is 13.2 Å². The minimum Gasteiger partial charge on any atom is -0.378 e. The Labute approximate surface area is 90.4 Å². The van der Waals surface area contributed by atoms with Crippen LogP contribution in [0, 0.1) is 5.92 Å². The van der Waals surface area contributed by atoms with Gasteiger partial charge in [0.2, 0.25) is 5.91 Å². The molecule has 1 atom stereocenters. The first kappa shape index (κ1) is 11.7. The Morgan fingerprint density at radius 2 is 2.06 bits per heavy atom. The van der Waals surface area contributed by atoms with Crippen LogP contribution in [0.3, 0.4) is 0 Å². The van der Waals surface area contributed by atoms with Gasteiger partial charge in [0.1, 0.15) is 0 Å². The fourth-order valence-corrected chi connectivity index (χ4v) is 2.04. The number of likely N-dealkylation sites (tertiary alicyclic amines) is 1. The molecule has 0 radical (unpaired) electrons. The lowest BCUT2D eigenvalue weighted by molar-refractivity contribution is -0.297. The van der Waals surface area contributed by atoms with Gasteiger partial charge in [0.15, 0.2) is 5.60 Å². The van der Waals surface area contributed by atoms with Gasteiger partial charge in [0.05, 0.1) is 19.0 Å². The predicted molar refractivity (Wildman–Crippen MR) is 48.6 cm³/mol. The number of nitrogens with zero attached hydrogens (tertiary/aromatic N) is 1. The van der Waals surface area contributed by atoms with E-state index in [9.17, 15) is 23.1 Å². The first-order valence-corrected chi connectivity index (χ1v) is 5.12. The monoisotopic (exact) mass is 238 g/mol. The molecule has 0 aromatic rings. The molecule has 0 bridgehead atoms. The standard InChI is InChI=1S/C9H13F3N2O2/c10-9(11,12)8(16)4-14(5-8)7(15)6-1-2-13-3-6/h6,13,16H,1-5H2/t6-/m0/s1. The lowest BCUT2D eigenvalue weighted by atomic mass is 9.91. The summed E-state index contributed by atoms with van der Waals surface area (Å²) < 4.78 is 36.9. The van der Waals surface area contributed by atoms with Gasteiger partial charge in [-0.25, -0.2) is 0 Å². The molecule has 7 heteroatoms. The number of halogens is 3. The van der Waals surface area contributed by atoms with Crippen LogP contribution in [0.1, 0.15) is 6.42 Å². The Morgan fingerprint density at radius 3 is 2.50 bits per heavy atom. The van der Waals surface area contributed by atoms with Crippen LogP contribution in [0.25, 0.3) is 0 Å². The highest BCUT2D eigenvalue weighted by atomic mass is 19.4. The van der Waals surface area contributed by atoms with Crippen molar-refractivity contribution in [2.75, 3.05) is 26.2 Å². The Morgan fingerprint density at radius 1 is 1.44 bits per heavy atom. The molecule has 2 aliphatic rings. The molecule has 2 aliphatic heterocycles. The number of aliphatic hydroxyl groups is 1. The Bertz CT molecular complexity index is 294. The molecule has 1 amide bonds. The van der Waals surface area contributed by atoms with Crippen molar-refractivity contribution in [2.24, 2.45) is 5.92 Å². The quantitative estimate of drug-likeness (QED) is 0.661. The van der Waals surface area contributed by atoms with E-state index in [4.69, 9.17) is 0 Å². The van der Waals surface area contributed by atoms with Crippen LogP contribution in [0.15, 0.2) is 0 Å². The lowest BCUT2D eigenvalue weighted by Crippen LogP contribution is -2.70. The highest BCUT2D eigenvalue weighted by molar-refractivity contribution is 5.80. The second-order valence-corrected chi connectivity index (χ2v) is 4.41. The summed E-state index contributed by atoms with van der Waals surface area (Å²) >= 11 is 0. The topological polar surface area (TPSA) is 52.6 Å². The molecular weight excluding hydrogens is 225 g/mol. The van der Waals surface area contributed by atoms with Crippen molar-refractivity contribution in [3.05, 3.63) is 0 Å². The van der Waals surface area contributed by atoms with E-state index in [2.05, 4.69) is 5.32 Å². The van der Waals surface area contributed by atoms with Crippen molar-refractivity contribution in [1.29, 1.82) is 0 Å². The van der Waals surface area contributed by atoms with Gasteiger partial charge in [0, 0.05) is 6.54 Å². The molecule has 2 fully saturated rings. The Kier molecular flexibility index (Phi) is 2.62. The SMILES string of the molecule is O=C([C@H]1CCNC1)N1CC(O)(C(F)(F)F)C1. The van der Waals surface area contributed by atoms with Crippen LogP contribution in [0.5, 0.6) is 0 Å². The second-order valence-electron chi connectivity index (χ2n) is 4.41. The van der Waals surface area contributed by atoms with E-state index < -0.39 is 24.9 Å². The molecule has 0 saturated carbocycles. The number of rotatable bonds is 1. The zero-order chi connectivity index (χ0) is 12.0. The van der Waals surface area contributed by atoms with Crippen molar-refractivity contribution < 1.29 is 23.1 Å². The summed E-state index contributed by atoms with van der Waals surface area (Å²) in [6, 6.07) is 0. The molecule has 2 heterocycles. The van der Waals surface area contributed by atoms with E-state index in [1.54, 1.807) is 0 Å².